The first-order valence-corrected chi connectivity index (χ1v) is 5.92. The Morgan fingerprint density at radius 2 is 2.00 bits per heavy atom. The molecular formula is C13H20ClNO2. The Hall–Kier alpha value is -0.770. The monoisotopic (exact) mass is 257 g/mol. The van der Waals surface area contributed by atoms with Gasteiger partial charge in [0.1, 0.15) is 5.75 Å². The standard InChI is InChI=1S/C13H20ClNO2/c1-8-6-9(14)7-10(11(8)17-5)12(15-4)13(2,3)16/h6-7,12,15-16H,1-5H3. The minimum atomic E-state index is -0.904. The summed E-state index contributed by atoms with van der Waals surface area (Å²) >= 11 is 6.07. The molecule has 2 N–H and O–H groups in total. The minimum Gasteiger partial charge on any atom is -0.496 e. The molecule has 0 saturated carbocycles. The molecule has 96 valence electrons. The summed E-state index contributed by atoms with van der Waals surface area (Å²) in [7, 11) is 3.43. The van der Waals surface area contributed by atoms with Crippen LogP contribution in [0.4, 0.5) is 0 Å². The number of aryl methyl sites for hydroxylation is 1. The van der Waals surface area contributed by atoms with E-state index in [1.165, 1.54) is 0 Å². The lowest BCUT2D eigenvalue weighted by Crippen LogP contribution is -2.37. The van der Waals surface area contributed by atoms with Gasteiger partial charge in [-0.2, -0.15) is 0 Å². The number of aliphatic hydroxyl groups is 1. The van der Waals surface area contributed by atoms with Gasteiger partial charge in [0, 0.05) is 10.6 Å². The van der Waals surface area contributed by atoms with Crippen molar-refractivity contribution in [2.75, 3.05) is 14.2 Å². The highest BCUT2D eigenvalue weighted by atomic mass is 35.5. The van der Waals surface area contributed by atoms with Crippen LogP contribution in [0.2, 0.25) is 5.02 Å². The summed E-state index contributed by atoms with van der Waals surface area (Å²) in [6, 6.07) is 3.43. The Bertz CT molecular complexity index is 399. The molecule has 0 heterocycles. The number of methoxy groups -OCH3 is 1. The highest BCUT2D eigenvalue weighted by Crippen LogP contribution is 2.36. The fourth-order valence-electron chi connectivity index (χ4n) is 2.14. The topological polar surface area (TPSA) is 41.5 Å². The van der Waals surface area contributed by atoms with Crippen molar-refractivity contribution in [3.63, 3.8) is 0 Å². The summed E-state index contributed by atoms with van der Waals surface area (Å²) in [5, 5.41) is 13.9. The van der Waals surface area contributed by atoms with Gasteiger partial charge in [-0.1, -0.05) is 11.6 Å². The number of rotatable bonds is 4. The molecule has 17 heavy (non-hydrogen) atoms. The molecule has 1 aromatic rings. The molecule has 0 spiro atoms. The van der Waals surface area contributed by atoms with Crippen LogP contribution in [0.25, 0.3) is 0 Å². The van der Waals surface area contributed by atoms with Gasteiger partial charge in [0.15, 0.2) is 0 Å². The maximum absolute atomic E-state index is 10.2. The van der Waals surface area contributed by atoms with Gasteiger partial charge in [-0.15, -0.1) is 0 Å². The van der Waals surface area contributed by atoms with Gasteiger partial charge in [0.25, 0.3) is 0 Å². The maximum atomic E-state index is 10.2. The number of hydrogen-bond acceptors (Lipinski definition) is 3. The van der Waals surface area contributed by atoms with Crippen LogP contribution >= 0.6 is 11.6 Å². The van der Waals surface area contributed by atoms with E-state index >= 15 is 0 Å². The molecule has 0 aromatic heterocycles. The molecule has 0 aliphatic heterocycles. The molecule has 1 unspecified atom stereocenters. The van der Waals surface area contributed by atoms with Crippen LogP contribution in [0.1, 0.15) is 31.0 Å². The van der Waals surface area contributed by atoms with Crippen LogP contribution in [-0.2, 0) is 0 Å². The van der Waals surface area contributed by atoms with E-state index in [0.29, 0.717) is 5.02 Å². The zero-order valence-corrected chi connectivity index (χ0v) is 11.7. The van der Waals surface area contributed by atoms with E-state index < -0.39 is 5.60 Å². The van der Waals surface area contributed by atoms with Gasteiger partial charge in [-0.3, -0.25) is 0 Å². The van der Waals surface area contributed by atoms with Crippen LogP contribution in [0.5, 0.6) is 5.75 Å². The van der Waals surface area contributed by atoms with Crippen LogP contribution < -0.4 is 10.1 Å². The summed E-state index contributed by atoms with van der Waals surface area (Å²) in [6.45, 7) is 5.44. The maximum Gasteiger partial charge on any atom is 0.126 e. The average Bonchev–Trinajstić information content (AvgIpc) is 2.15. The smallest absolute Gasteiger partial charge is 0.126 e. The number of nitrogens with one attached hydrogen (secondary N) is 1. The number of likely N-dealkylation sites (N-methyl/N-ethyl adjacent to an activating group) is 1. The van der Waals surface area contributed by atoms with Gasteiger partial charge in [-0.25, -0.2) is 0 Å². The predicted molar refractivity (Wildman–Crippen MR) is 70.8 cm³/mol. The highest BCUT2D eigenvalue weighted by molar-refractivity contribution is 6.30. The van der Waals surface area contributed by atoms with Crippen LogP contribution in [0.3, 0.4) is 0 Å². The van der Waals surface area contributed by atoms with E-state index in [0.717, 1.165) is 16.9 Å². The first-order valence-electron chi connectivity index (χ1n) is 5.55. The molecule has 1 atom stereocenters. The van der Waals surface area contributed by atoms with Gasteiger partial charge in [-0.05, 0) is 45.5 Å². The van der Waals surface area contributed by atoms with E-state index in [9.17, 15) is 5.11 Å². The third-order valence-electron chi connectivity index (χ3n) is 2.78. The fourth-order valence-corrected chi connectivity index (χ4v) is 2.42. The van der Waals surface area contributed by atoms with Crippen molar-refractivity contribution in [1.82, 2.24) is 5.32 Å². The second-order valence-electron chi connectivity index (χ2n) is 4.72. The summed E-state index contributed by atoms with van der Waals surface area (Å²) in [4.78, 5) is 0. The number of halogens is 1. The van der Waals surface area contributed by atoms with Crippen molar-refractivity contribution in [3.8, 4) is 5.75 Å². The Balaban J connectivity index is 3.37. The normalized spacial score (nSPS) is 13.6. The molecule has 0 amide bonds. The van der Waals surface area contributed by atoms with Gasteiger partial charge in [0.2, 0.25) is 0 Å². The van der Waals surface area contributed by atoms with Gasteiger partial charge in [0.05, 0.1) is 18.8 Å². The van der Waals surface area contributed by atoms with Gasteiger partial charge >= 0.3 is 0 Å². The summed E-state index contributed by atoms with van der Waals surface area (Å²) in [5.41, 5.74) is 0.922. The molecule has 0 fully saturated rings. The summed E-state index contributed by atoms with van der Waals surface area (Å²) in [6.07, 6.45) is 0. The van der Waals surface area contributed by atoms with Crippen LogP contribution in [0, 0.1) is 6.92 Å². The summed E-state index contributed by atoms with van der Waals surface area (Å²) < 4.78 is 5.40. The summed E-state index contributed by atoms with van der Waals surface area (Å²) in [5.74, 6) is 0.760. The molecular weight excluding hydrogens is 238 g/mol. The zero-order chi connectivity index (χ0) is 13.2. The lowest BCUT2D eigenvalue weighted by Gasteiger charge is -2.31. The lowest BCUT2D eigenvalue weighted by atomic mass is 9.90. The van der Waals surface area contributed by atoms with Crippen molar-refractivity contribution in [1.29, 1.82) is 0 Å². The Morgan fingerprint density at radius 3 is 2.41 bits per heavy atom. The molecule has 0 aliphatic carbocycles. The van der Waals surface area contributed by atoms with Crippen molar-refractivity contribution in [2.24, 2.45) is 0 Å². The first-order chi connectivity index (χ1) is 7.81. The number of ether oxygens (including phenoxy) is 1. The van der Waals surface area contributed by atoms with E-state index in [-0.39, 0.29) is 6.04 Å². The molecule has 0 bridgehead atoms. The molecule has 0 aliphatic rings. The van der Waals surface area contributed by atoms with E-state index in [1.807, 2.05) is 19.1 Å². The van der Waals surface area contributed by atoms with Crippen molar-refractivity contribution >= 4 is 11.6 Å². The molecule has 0 saturated heterocycles. The van der Waals surface area contributed by atoms with Crippen molar-refractivity contribution < 1.29 is 9.84 Å². The van der Waals surface area contributed by atoms with Gasteiger partial charge < -0.3 is 15.2 Å². The third kappa shape index (κ3) is 3.12. The second-order valence-corrected chi connectivity index (χ2v) is 5.16. The Morgan fingerprint density at radius 1 is 1.41 bits per heavy atom. The Kier molecular flexibility index (Phi) is 4.42. The minimum absolute atomic E-state index is 0.241. The first kappa shape index (κ1) is 14.3. The quantitative estimate of drug-likeness (QED) is 0.872. The number of hydrogen-bond donors (Lipinski definition) is 2. The molecule has 1 rings (SSSR count). The molecule has 1 aromatic carbocycles. The second kappa shape index (κ2) is 5.25. The third-order valence-corrected chi connectivity index (χ3v) is 3.00. The lowest BCUT2D eigenvalue weighted by molar-refractivity contribution is 0.0391. The predicted octanol–water partition coefficient (Wildman–Crippen LogP) is 2.69. The van der Waals surface area contributed by atoms with E-state index in [1.54, 1.807) is 28.0 Å². The zero-order valence-electron chi connectivity index (χ0n) is 11.0. The van der Waals surface area contributed by atoms with E-state index in [4.69, 9.17) is 16.3 Å². The molecule has 4 heteroatoms. The van der Waals surface area contributed by atoms with Crippen molar-refractivity contribution in [3.05, 3.63) is 28.3 Å². The highest BCUT2D eigenvalue weighted by Gasteiger charge is 2.30. The largest absolute Gasteiger partial charge is 0.496 e. The molecule has 0 radical (unpaired) electrons. The van der Waals surface area contributed by atoms with Crippen LogP contribution in [0.15, 0.2) is 12.1 Å². The fraction of sp³-hybridized carbons (Fsp3) is 0.538. The van der Waals surface area contributed by atoms with Crippen LogP contribution in [-0.4, -0.2) is 24.9 Å². The molecule has 3 nitrogen and oxygen atoms in total. The Labute approximate surface area is 108 Å². The van der Waals surface area contributed by atoms with Crippen molar-refractivity contribution in [2.45, 2.75) is 32.4 Å². The average molecular weight is 258 g/mol. The van der Waals surface area contributed by atoms with E-state index in [2.05, 4.69) is 5.32 Å². The number of benzene rings is 1. The SMILES string of the molecule is CNC(c1cc(Cl)cc(C)c1OC)C(C)(C)O.